The second kappa shape index (κ2) is 8.47. The monoisotopic (exact) mass is 374 g/mol. The van der Waals surface area contributed by atoms with Crippen LogP contribution in [0.3, 0.4) is 0 Å². The van der Waals surface area contributed by atoms with Crippen LogP contribution in [0.4, 0.5) is 5.69 Å². The summed E-state index contributed by atoms with van der Waals surface area (Å²) in [6.45, 7) is 6.01. The molecule has 0 saturated carbocycles. The van der Waals surface area contributed by atoms with Crippen molar-refractivity contribution in [2.24, 2.45) is 0 Å². The number of rotatable bonds is 7. The van der Waals surface area contributed by atoms with Crippen LogP contribution in [-0.2, 0) is 21.4 Å². The minimum Gasteiger partial charge on any atom is -0.325 e. The Morgan fingerprint density at radius 3 is 2.27 bits per heavy atom. The molecule has 0 radical (unpaired) electrons. The molecular formula is C20H26N2O3S. The first-order valence-electron chi connectivity index (χ1n) is 8.56. The van der Waals surface area contributed by atoms with Gasteiger partial charge in [-0.25, -0.2) is 8.42 Å². The van der Waals surface area contributed by atoms with E-state index in [2.05, 4.69) is 5.32 Å². The average molecular weight is 375 g/mol. The van der Waals surface area contributed by atoms with Crippen LogP contribution >= 0.6 is 0 Å². The fourth-order valence-electron chi connectivity index (χ4n) is 2.65. The molecule has 0 aliphatic carbocycles. The van der Waals surface area contributed by atoms with Crippen LogP contribution in [0.15, 0.2) is 48.5 Å². The number of nitrogens with one attached hydrogen (secondary N) is 1. The van der Waals surface area contributed by atoms with Crippen LogP contribution in [0.5, 0.6) is 0 Å². The molecule has 26 heavy (non-hydrogen) atoms. The lowest BCUT2D eigenvalue weighted by molar-refractivity contribution is -0.116. The Kier molecular flexibility index (Phi) is 6.56. The smallest absolute Gasteiger partial charge is 0.239 e. The first-order chi connectivity index (χ1) is 12.2. The summed E-state index contributed by atoms with van der Waals surface area (Å²) in [5, 5.41) is 2.84. The maximum absolute atomic E-state index is 12.5. The second-order valence-electron chi connectivity index (χ2n) is 6.81. The number of benzene rings is 2. The van der Waals surface area contributed by atoms with Gasteiger partial charge in [0.15, 0.2) is 0 Å². The standard InChI is InChI=1S/C20H26N2O3S/c1-15(2)18-7-5-6-8-19(18)21-20(23)14-22(26(4,24)25)13-17-11-9-16(3)10-12-17/h5-12,15H,13-14H2,1-4H3,(H,21,23). The third-order valence-corrected chi connectivity index (χ3v) is 5.32. The van der Waals surface area contributed by atoms with E-state index < -0.39 is 10.0 Å². The number of anilines is 1. The lowest BCUT2D eigenvalue weighted by atomic mass is 10.0. The normalized spacial score (nSPS) is 11.8. The number of carbonyl (C=O) groups excluding carboxylic acids is 1. The summed E-state index contributed by atoms with van der Waals surface area (Å²) < 4.78 is 25.4. The molecular weight excluding hydrogens is 348 g/mol. The van der Waals surface area contributed by atoms with Gasteiger partial charge in [0, 0.05) is 12.2 Å². The van der Waals surface area contributed by atoms with Gasteiger partial charge in [-0.05, 0) is 30.0 Å². The van der Waals surface area contributed by atoms with E-state index in [9.17, 15) is 13.2 Å². The minimum atomic E-state index is -3.51. The van der Waals surface area contributed by atoms with Gasteiger partial charge in [0.25, 0.3) is 0 Å². The third kappa shape index (κ3) is 5.68. The Morgan fingerprint density at radius 1 is 1.08 bits per heavy atom. The average Bonchev–Trinajstić information content (AvgIpc) is 2.55. The molecule has 0 aliphatic rings. The van der Waals surface area contributed by atoms with E-state index in [1.165, 1.54) is 4.31 Å². The zero-order valence-electron chi connectivity index (χ0n) is 15.7. The summed E-state index contributed by atoms with van der Waals surface area (Å²) in [6, 6.07) is 15.2. The highest BCUT2D eigenvalue weighted by Gasteiger charge is 2.21. The molecule has 2 aromatic rings. The van der Waals surface area contributed by atoms with Crippen molar-refractivity contribution >= 4 is 21.6 Å². The van der Waals surface area contributed by atoms with Crippen molar-refractivity contribution < 1.29 is 13.2 Å². The summed E-state index contributed by atoms with van der Waals surface area (Å²) in [7, 11) is -3.51. The number of aryl methyl sites for hydroxylation is 1. The van der Waals surface area contributed by atoms with Gasteiger partial charge in [-0.1, -0.05) is 61.9 Å². The molecule has 0 bridgehead atoms. The molecule has 0 heterocycles. The number of hydrogen-bond acceptors (Lipinski definition) is 3. The molecule has 0 fully saturated rings. The molecule has 0 saturated heterocycles. The van der Waals surface area contributed by atoms with E-state index in [0.29, 0.717) is 0 Å². The molecule has 0 aromatic heterocycles. The zero-order valence-corrected chi connectivity index (χ0v) is 16.5. The molecule has 0 aliphatic heterocycles. The summed E-state index contributed by atoms with van der Waals surface area (Å²) in [5.41, 5.74) is 3.68. The van der Waals surface area contributed by atoms with Gasteiger partial charge in [-0.3, -0.25) is 4.79 Å². The van der Waals surface area contributed by atoms with Gasteiger partial charge >= 0.3 is 0 Å². The summed E-state index contributed by atoms with van der Waals surface area (Å²) >= 11 is 0. The fraction of sp³-hybridized carbons (Fsp3) is 0.350. The van der Waals surface area contributed by atoms with E-state index in [0.717, 1.165) is 28.6 Å². The Bertz CT molecular complexity index is 859. The first kappa shape index (κ1) is 20.1. The zero-order chi connectivity index (χ0) is 19.3. The van der Waals surface area contributed by atoms with Gasteiger partial charge in [0.05, 0.1) is 12.8 Å². The van der Waals surface area contributed by atoms with Gasteiger partial charge in [-0.2, -0.15) is 4.31 Å². The van der Waals surface area contributed by atoms with Gasteiger partial charge < -0.3 is 5.32 Å². The number of amides is 1. The van der Waals surface area contributed by atoms with Crippen molar-refractivity contribution in [3.8, 4) is 0 Å². The lowest BCUT2D eigenvalue weighted by Gasteiger charge is -2.20. The van der Waals surface area contributed by atoms with Crippen molar-refractivity contribution in [3.05, 3.63) is 65.2 Å². The van der Waals surface area contributed by atoms with E-state index in [1.807, 2.05) is 69.3 Å². The fourth-order valence-corrected chi connectivity index (χ4v) is 3.39. The summed E-state index contributed by atoms with van der Waals surface area (Å²) in [6.07, 6.45) is 1.12. The van der Waals surface area contributed by atoms with E-state index >= 15 is 0 Å². The Hall–Kier alpha value is -2.18. The molecule has 1 amide bonds. The Balaban J connectivity index is 2.13. The molecule has 2 rings (SSSR count). The predicted octanol–water partition coefficient (Wildman–Crippen LogP) is 3.52. The van der Waals surface area contributed by atoms with Gasteiger partial charge in [-0.15, -0.1) is 0 Å². The van der Waals surface area contributed by atoms with Crippen LogP contribution in [0.1, 0.15) is 36.5 Å². The topological polar surface area (TPSA) is 66.5 Å². The Morgan fingerprint density at radius 2 is 1.69 bits per heavy atom. The lowest BCUT2D eigenvalue weighted by Crippen LogP contribution is -2.37. The highest BCUT2D eigenvalue weighted by Crippen LogP contribution is 2.23. The Labute approximate surface area is 156 Å². The van der Waals surface area contributed by atoms with E-state index in [4.69, 9.17) is 0 Å². The van der Waals surface area contributed by atoms with Gasteiger partial charge in [0.2, 0.25) is 15.9 Å². The number of hydrogen-bond donors (Lipinski definition) is 1. The quantitative estimate of drug-likeness (QED) is 0.806. The van der Waals surface area contributed by atoms with Crippen LogP contribution in [-0.4, -0.2) is 31.4 Å². The minimum absolute atomic E-state index is 0.165. The SMILES string of the molecule is Cc1ccc(CN(CC(=O)Nc2ccccc2C(C)C)S(C)(=O)=O)cc1. The largest absolute Gasteiger partial charge is 0.325 e. The van der Waals surface area contributed by atoms with Crippen molar-refractivity contribution in [2.45, 2.75) is 33.2 Å². The van der Waals surface area contributed by atoms with Crippen LogP contribution < -0.4 is 5.32 Å². The second-order valence-corrected chi connectivity index (χ2v) is 8.79. The molecule has 6 heteroatoms. The van der Waals surface area contributed by atoms with Crippen molar-refractivity contribution in [1.29, 1.82) is 0 Å². The van der Waals surface area contributed by atoms with Crippen LogP contribution in [0.25, 0.3) is 0 Å². The van der Waals surface area contributed by atoms with Crippen LogP contribution in [0.2, 0.25) is 0 Å². The molecule has 0 unspecified atom stereocenters. The predicted molar refractivity (Wildman–Crippen MR) is 106 cm³/mol. The molecule has 0 spiro atoms. The highest BCUT2D eigenvalue weighted by atomic mass is 32.2. The summed E-state index contributed by atoms with van der Waals surface area (Å²) in [4.78, 5) is 12.5. The van der Waals surface area contributed by atoms with Crippen LogP contribution in [0, 0.1) is 6.92 Å². The first-order valence-corrected chi connectivity index (χ1v) is 10.4. The summed E-state index contributed by atoms with van der Waals surface area (Å²) in [5.74, 6) is -0.0966. The highest BCUT2D eigenvalue weighted by molar-refractivity contribution is 7.88. The molecule has 2 aromatic carbocycles. The number of carbonyl (C=O) groups is 1. The molecule has 1 N–H and O–H groups in total. The number of para-hydroxylation sites is 1. The van der Waals surface area contributed by atoms with Crippen molar-refractivity contribution in [3.63, 3.8) is 0 Å². The van der Waals surface area contributed by atoms with E-state index in [1.54, 1.807) is 0 Å². The van der Waals surface area contributed by atoms with E-state index in [-0.39, 0.29) is 24.9 Å². The van der Waals surface area contributed by atoms with Crippen molar-refractivity contribution in [1.82, 2.24) is 4.31 Å². The molecule has 140 valence electrons. The van der Waals surface area contributed by atoms with Crippen molar-refractivity contribution in [2.75, 3.05) is 18.1 Å². The number of sulfonamides is 1. The molecule has 0 atom stereocenters. The molecule has 5 nitrogen and oxygen atoms in total. The maximum atomic E-state index is 12.5. The van der Waals surface area contributed by atoms with Gasteiger partial charge in [0.1, 0.15) is 0 Å². The maximum Gasteiger partial charge on any atom is 0.239 e. The third-order valence-electron chi connectivity index (χ3n) is 4.13. The number of nitrogens with zero attached hydrogens (tertiary/aromatic N) is 1.